The van der Waals surface area contributed by atoms with E-state index in [2.05, 4.69) is 31.1 Å². The van der Waals surface area contributed by atoms with Crippen molar-refractivity contribution in [1.29, 1.82) is 0 Å². The first kappa shape index (κ1) is 15.0. The smallest absolute Gasteiger partial charge is 0.143 e. The van der Waals surface area contributed by atoms with E-state index in [0.717, 1.165) is 29.9 Å². The number of ether oxygens (including phenoxy) is 1. The molecule has 0 aromatic carbocycles. The van der Waals surface area contributed by atoms with Gasteiger partial charge in [0.05, 0.1) is 16.1 Å². The fourth-order valence-electron chi connectivity index (χ4n) is 2.30. The molecule has 1 fully saturated rings. The molecule has 19 heavy (non-hydrogen) atoms. The van der Waals surface area contributed by atoms with Gasteiger partial charge in [-0.25, -0.2) is 4.98 Å². The average molecular weight is 349 g/mol. The number of nitrogens with zero attached hydrogens (tertiary/aromatic N) is 2. The van der Waals surface area contributed by atoms with Crippen molar-refractivity contribution in [3.05, 3.63) is 21.8 Å². The summed E-state index contributed by atoms with van der Waals surface area (Å²) in [6.45, 7) is 3.56. The molecule has 1 unspecified atom stereocenters. The summed E-state index contributed by atoms with van der Waals surface area (Å²) in [5, 5.41) is 4.15. The summed E-state index contributed by atoms with van der Waals surface area (Å²) in [7, 11) is 1.72. The minimum absolute atomic E-state index is 0.529. The molecular formula is C13H19BrClN3O. The molecule has 0 amide bonds. The Hall–Kier alpha value is -0.360. The van der Waals surface area contributed by atoms with Gasteiger partial charge < -0.3 is 15.0 Å². The Morgan fingerprint density at radius 3 is 3.11 bits per heavy atom. The molecule has 1 aromatic rings. The molecule has 0 spiro atoms. The second kappa shape index (κ2) is 7.43. The maximum atomic E-state index is 5.95. The van der Waals surface area contributed by atoms with Gasteiger partial charge >= 0.3 is 0 Å². The summed E-state index contributed by atoms with van der Waals surface area (Å²) in [4.78, 5) is 6.68. The van der Waals surface area contributed by atoms with Crippen LogP contribution in [0.4, 0.5) is 5.82 Å². The predicted molar refractivity (Wildman–Crippen MR) is 82.1 cm³/mol. The zero-order valence-corrected chi connectivity index (χ0v) is 13.4. The second-order valence-electron chi connectivity index (χ2n) is 4.69. The molecule has 0 radical (unpaired) electrons. The number of anilines is 1. The second-order valence-corrected chi connectivity index (χ2v) is 5.98. The zero-order chi connectivity index (χ0) is 13.7. The van der Waals surface area contributed by atoms with Crippen molar-refractivity contribution < 1.29 is 4.74 Å². The van der Waals surface area contributed by atoms with Gasteiger partial charge in [0.25, 0.3) is 0 Å². The van der Waals surface area contributed by atoms with Crippen molar-refractivity contribution >= 4 is 33.3 Å². The maximum absolute atomic E-state index is 5.95. The number of hydrogen-bond acceptors (Lipinski definition) is 4. The van der Waals surface area contributed by atoms with E-state index >= 15 is 0 Å². The van der Waals surface area contributed by atoms with E-state index in [0.29, 0.717) is 17.7 Å². The summed E-state index contributed by atoms with van der Waals surface area (Å²) in [6, 6.07) is 2.41. The lowest BCUT2D eigenvalue weighted by atomic mass is 10.2. The number of halogens is 2. The molecule has 4 nitrogen and oxygen atoms in total. The van der Waals surface area contributed by atoms with Crippen molar-refractivity contribution in [3.63, 3.8) is 0 Å². The Morgan fingerprint density at radius 1 is 1.63 bits per heavy atom. The molecule has 2 rings (SSSR count). The monoisotopic (exact) mass is 347 g/mol. The van der Waals surface area contributed by atoms with Crippen LogP contribution in [0.1, 0.15) is 12.8 Å². The van der Waals surface area contributed by atoms with Crippen LogP contribution in [0.3, 0.4) is 0 Å². The van der Waals surface area contributed by atoms with Gasteiger partial charge in [0, 0.05) is 32.4 Å². The number of nitrogens with one attached hydrogen (secondary N) is 1. The molecule has 1 saturated heterocycles. The summed E-state index contributed by atoms with van der Waals surface area (Å²) < 4.78 is 6.12. The largest absolute Gasteiger partial charge is 0.383 e. The molecule has 2 heterocycles. The molecule has 1 aliphatic heterocycles. The fraction of sp³-hybridized carbons (Fsp3) is 0.615. The van der Waals surface area contributed by atoms with Gasteiger partial charge in [0.1, 0.15) is 5.82 Å². The SMILES string of the molecule is COCCN(CC1CCCN1)c1ncc(Cl)cc1Br. The van der Waals surface area contributed by atoms with E-state index in [1.54, 1.807) is 13.3 Å². The van der Waals surface area contributed by atoms with Gasteiger partial charge in [-0.15, -0.1) is 0 Å². The van der Waals surface area contributed by atoms with Gasteiger partial charge in [0.15, 0.2) is 0 Å². The van der Waals surface area contributed by atoms with Crippen molar-refractivity contribution in [2.75, 3.05) is 38.3 Å². The van der Waals surface area contributed by atoms with Gasteiger partial charge in [0.2, 0.25) is 0 Å². The molecule has 1 atom stereocenters. The summed E-state index contributed by atoms with van der Waals surface area (Å²) in [5.41, 5.74) is 0. The van der Waals surface area contributed by atoms with Crippen LogP contribution in [0.2, 0.25) is 5.02 Å². The topological polar surface area (TPSA) is 37.4 Å². The Balaban J connectivity index is 2.10. The minimum Gasteiger partial charge on any atom is -0.383 e. The van der Waals surface area contributed by atoms with Crippen LogP contribution in [-0.2, 0) is 4.74 Å². The summed E-state index contributed by atoms with van der Waals surface area (Å²) in [6.07, 6.45) is 4.15. The molecule has 1 aromatic heterocycles. The number of rotatable bonds is 6. The van der Waals surface area contributed by atoms with E-state index in [1.807, 2.05) is 6.07 Å². The first-order valence-corrected chi connectivity index (χ1v) is 7.66. The van der Waals surface area contributed by atoms with E-state index in [-0.39, 0.29) is 0 Å². The van der Waals surface area contributed by atoms with Crippen LogP contribution >= 0.6 is 27.5 Å². The quantitative estimate of drug-likeness (QED) is 0.858. The number of aromatic nitrogens is 1. The Labute approximate surface area is 127 Å². The van der Waals surface area contributed by atoms with Gasteiger partial charge in [-0.05, 0) is 41.4 Å². The number of methoxy groups -OCH3 is 1. The van der Waals surface area contributed by atoms with Crippen molar-refractivity contribution in [3.8, 4) is 0 Å². The molecular weight excluding hydrogens is 330 g/mol. The zero-order valence-electron chi connectivity index (χ0n) is 11.0. The molecule has 1 N–H and O–H groups in total. The number of hydrogen-bond donors (Lipinski definition) is 1. The van der Waals surface area contributed by atoms with Gasteiger partial charge in [-0.2, -0.15) is 0 Å². The standard InChI is InChI=1S/C13H19BrClN3O/c1-19-6-5-18(9-11-3-2-4-16-11)13-12(14)7-10(15)8-17-13/h7-8,11,16H,2-6,9H2,1H3. The molecule has 1 aliphatic rings. The van der Waals surface area contributed by atoms with Crippen LogP contribution in [-0.4, -0.2) is 44.4 Å². The van der Waals surface area contributed by atoms with Crippen LogP contribution in [0, 0.1) is 0 Å². The summed E-state index contributed by atoms with van der Waals surface area (Å²) >= 11 is 9.49. The Morgan fingerprint density at radius 2 is 2.47 bits per heavy atom. The maximum Gasteiger partial charge on any atom is 0.143 e. The highest BCUT2D eigenvalue weighted by molar-refractivity contribution is 9.10. The average Bonchev–Trinajstić information content (AvgIpc) is 2.88. The van der Waals surface area contributed by atoms with E-state index < -0.39 is 0 Å². The molecule has 0 bridgehead atoms. The first-order chi connectivity index (χ1) is 9.20. The van der Waals surface area contributed by atoms with E-state index in [1.165, 1.54) is 12.8 Å². The predicted octanol–water partition coefficient (Wildman–Crippen LogP) is 2.70. The highest BCUT2D eigenvalue weighted by Crippen LogP contribution is 2.27. The van der Waals surface area contributed by atoms with Crippen molar-refractivity contribution in [1.82, 2.24) is 10.3 Å². The minimum atomic E-state index is 0.529. The third-order valence-electron chi connectivity index (χ3n) is 3.26. The van der Waals surface area contributed by atoms with Crippen LogP contribution in [0.15, 0.2) is 16.7 Å². The molecule has 106 valence electrons. The van der Waals surface area contributed by atoms with E-state index in [9.17, 15) is 0 Å². The van der Waals surface area contributed by atoms with Crippen molar-refractivity contribution in [2.45, 2.75) is 18.9 Å². The molecule has 0 saturated carbocycles. The van der Waals surface area contributed by atoms with Crippen LogP contribution < -0.4 is 10.2 Å². The van der Waals surface area contributed by atoms with Gasteiger partial charge in [-0.1, -0.05) is 11.6 Å². The van der Waals surface area contributed by atoms with Crippen molar-refractivity contribution in [2.24, 2.45) is 0 Å². The highest BCUT2D eigenvalue weighted by atomic mass is 79.9. The molecule has 0 aliphatic carbocycles. The van der Waals surface area contributed by atoms with Crippen LogP contribution in [0.5, 0.6) is 0 Å². The Kier molecular flexibility index (Phi) is 5.88. The third-order valence-corrected chi connectivity index (χ3v) is 4.05. The lowest BCUT2D eigenvalue weighted by Gasteiger charge is -2.27. The first-order valence-electron chi connectivity index (χ1n) is 6.49. The lowest BCUT2D eigenvalue weighted by molar-refractivity contribution is 0.204. The Bertz CT molecular complexity index is 413. The fourth-order valence-corrected chi connectivity index (χ4v) is 3.19. The van der Waals surface area contributed by atoms with Crippen LogP contribution in [0.25, 0.3) is 0 Å². The highest BCUT2D eigenvalue weighted by Gasteiger charge is 2.20. The van der Waals surface area contributed by atoms with E-state index in [4.69, 9.17) is 16.3 Å². The summed E-state index contributed by atoms with van der Waals surface area (Å²) in [5.74, 6) is 0.926. The number of pyridine rings is 1. The normalized spacial score (nSPS) is 18.8. The third kappa shape index (κ3) is 4.31. The molecule has 6 heteroatoms. The van der Waals surface area contributed by atoms with Gasteiger partial charge in [-0.3, -0.25) is 0 Å². The lowest BCUT2D eigenvalue weighted by Crippen LogP contribution is -2.39.